The van der Waals surface area contributed by atoms with E-state index in [1.54, 1.807) is 0 Å². The number of hydrogen-bond acceptors (Lipinski definition) is 2. The minimum Gasteiger partial charge on any atom is -0.354 e. The molecule has 3 rings (SSSR count). The van der Waals surface area contributed by atoms with E-state index in [9.17, 15) is 9.59 Å². The van der Waals surface area contributed by atoms with Crippen LogP contribution in [0.4, 0.5) is 0 Å². The van der Waals surface area contributed by atoms with E-state index in [-0.39, 0.29) is 28.6 Å². The maximum Gasteiger partial charge on any atom is 0.230 e. The van der Waals surface area contributed by atoms with Crippen LogP contribution in [0.15, 0.2) is 24.3 Å². The molecule has 0 spiro atoms. The van der Waals surface area contributed by atoms with Gasteiger partial charge in [-0.2, -0.15) is 0 Å². The second-order valence-electron chi connectivity index (χ2n) is 8.94. The van der Waals surface area contributed by atoms with Gasteiger partial charge in [0.2, 0.25) is 11.8 Å². The number of amides is 2. The number of benzene rings is 1. The van der Waals surface area contributed by atoms with E-state index in [2.05, 4.69) is 55.7 Å². The molecule has 2 N–H and O–H groups in total. The molecule has 0 unspecified atom stereocenters. The molecular weight excluding hydrogens is 324 g/mol. The Bertz CT molecular complexity index is 648. The van der Waals surface area contributed by atoms with Crippen molar-refractivity contribution in [3.8, 4) is 0 Å². The summed E-state index contributed by atoms with van der Waals surface area (Å²) in [5.41, 5.74) is 2.16. The molecule has 1 aromatic carbocycles. The van der Waals surface area contributed by atoms with Gasteiger partial charge in [0.05, 0.1) is 5.41 Å². The molecule has 0 saturated heterocycles. The molecule has 0 bridgehead atoms. The fourth-order valence-corrected chi connectivity index (χ4v) is 3.92. The average molecular weight is 357 g/mol. The first kappa shape index (κ1) is 18.9. The third kappa shape index (κ3) is 4.11. The molecule has 142 valence electrons. The summed E-state index contributed by atoms with van der Waals surface area (Å²) in [7, 11) is 0. The molecule has 4 nitrogen and oxygen atoms in total. The molecular formula is C22H32N2O2. The van der Waals surface area contributed by atoms with Gasteiger partial charge in [0.1, 0.15) is 0 Å². The van der Waals surface area contributed by atoms with Gasteiger partial charge in [-0.15, -0.1) is 0 Å². The monoisotopic (exact) mass is 356 g/mol. The van der Waals surface area contributed by atoms with Crippen molar-refractivity contribution >= 4 is 11.8 Å². The van der Waals surface area contributed by atoms with Crippen LogP contribution in [0.3, 0.4) is 0 Å². The lowest BCUT2D eigenvalue weighted by Gasteiger charge is -2.21. The molecule has 0 aliphatic heterocycles. The molecule has 2 aliphatic carbocycles. The van der Waals surface area contributed by atoms with Crippen LogP contribution in [0.1, 0.15) is 70.4 Å². The van der Waals surface area contributed by atoms with Crippen LogP contribution in [0.2, 0.25) is 0 Å². The van der Waals surface area contributed by atoms with Crippen LogP contribution < -0.4 is 10.6 Å². The van der Waals surface area contributed by atoms with E-state index in [1.165, 1.54) is 5.56 Å². The number of rotatable bonds is 6. The van der Waals surface area contributed by atoms with Gasteiger partial charge < -0.3 is 10.6 Å². The maximum atomic E-state index is 12.7. The molecule has 0 atom stereocenters. The Balaban J connectivity index is 1.49. The van der Waals surface area contributed by atoms with E-state index < -0.39 is 0 Å². The van der Waals surface area contributed by atoms with Crippen molar-refractivity contribution in [2.24, 2.45) is 5.92 Å². The van der Waals surface area contributed by atoms with E-state index in [0.717, 1.165) is 44.1 Å². The SMILES string of the molecule is CC(C)(C)c1ccc(C2(C(=O)NCCNC(=O)C3CCCC3)CC2)cc1. The lowest BCUT2D eigenvalue weighted by molar-refractivity contribution is -0.126. The first-order chi connectivity index (χ1) is 12.3. The molecule has 0 radical (unpaired) electrons. The van der Waals surface area contributed by atoms with Crippen molar-refractivity contribution in [2.45, 2.75) is 70.1 Å². The van der Waals surface area contributed by atoms with E-state index in [0.29, 0.717) is 13.1 Å². The molecule has 2 aliphatic rings. The highest BCUT2D eigenvalue weighted by atomic mass is 16.2. The summed E-state index contributed by atoms with van der Waals surface area (Å²) in [5, 5.41) is 5.98. The predicted octanol–water partition coefficient (Wildman–Crippen LogP) is 3.44. The van der Waals surface area contributed by atoms with Crippen LogP contribution in [0.5, 0.6) is 0 Å². The van der Waals surface area contributed by atoms with Crippen LogP contribution in [0, 0.1) is 5.92 Å². The Morgan fingerprint density at radius 2 is 1.58 bits per heavy atom. The van der Waals surface area contributed by atoms with Gasteiger partial charge in [0.15, 0.2) is 0 Å². The smallest absolute Gasteiger partial charge is 0.230 e. The first-order valence-electron chi connectivity index (χ1n) is 10.00. The molecule has 0 aromatic heterocycles. The first-order valence-corrected chi connectivity index (χ1v) is 10.00. The van der Waals surface area contributed by atoms with Crippen molar-refractivity contribution < 1.29 is 9.59 Å². The Labute approximate surface area is 157 Å². The Morgan fingerprint density at radius 3 is 2.12 bits per heavy atom. The molecule has 2 fully saturated rings. The van der Waals surface area contributed by atoms with Crippen LogP contribution >= 0.6 is 0 Å². The highest BCUT2D eigenvalue weighted by Crippen LogP contribution is 2.48. The van der Waals surface area contributed by atoms with Crippen molar-refractivity contribution in [3.05, 3.63) is 35.4 Å². The lowest BCUT2D eigenvalue weighted by Crippen LogP contribution is -2.40. The van der Waals surface area contributed by atoms with Gasteiger partial charge in [-0.1, -0.05) is 57.9 Å². The van der Waals surface area contributed by atoms with Gasteiger partial charge in [0.25, 0.3) is 0 Å². The maximum absolute atomic E-state index is 12.7. The molecule has 26 heavy (non-hydrogen) atoms. The summed E-state index contributed by atoms with van der Waals surface area (Å²) < 4.78 is 0. The number of carbonyl (C=O) groups excluding carboxylic acids is 2. The van der Waals surface area contributed by atoms with Crippen molar-refractivity contribution in [1.29, 1.82) is 0 Å². The summed E-state index contributed by atoms with van der Waals surface area (Å²) >= 11 is 0. The van der Waals surface area contributed by atoms with Crippen molar-refractivity contribution in [1.82, 2.24) is 10.6 Å². The fraction of sp³-hybridized carbons (Fsp3) is 0.636. The van der Waals surface area contributed by atoms with Crippen LogP contribution in [-0.2, 0) is 20.4 Å². The number of nitrogens with one attached hydrogen (secondary N) is 2. The van der Waals surface area contributed by atoms with E-state index in [4.69, 9.17) is 0 Å². The molecule has 0 heterocycles. The quantitative estimate of drug-likeness (QED) is 0.767. The van der Waals surface area contributed by atoms with Gasteiger partial charge in [-0.3, -0.25) is 9.59 Å². The van der Waals surface area contributed by atoms with Gasteiger partial charge in [0, 0.05) is 19.0 Å². The van der Waals surface area contributed by atoms with E-state index in [1.807, 2.05) is 0 Å². The summed E-state index contributed by atoms with van der Waals surface area (Å²) in [5.74, 6) is 0.425. The molecule has 1 aromatic rings. The standard InChI is InChI=1S/C22H32N2O2/c1-21(2,3)17-8-10-18(11-9-17)22(12-13-22)20(26)24-15-14-23-19(25)16-6-4-5-7-16/h8-11,16H,4-7,12-15H2,1-3H3,(H,23,25)(H,24,26). The Hall–Kier alpha value is -1.84. The zero-order chi connectivity index (χ0) is 18.8. The Kier molecular flexibility index (Phi) is 5.40. The van der Waals surface area contributed by atoms with Crippen molar-refractivity contribution in [3.63, 3.8) is 0 Å². The van der Waals surface area contributed by atoms with Gasteiger partial charge in [-0.25, -0.2) is 0 Å². The second-order valence-corrected chi connectivity index (χ2v) is 8.94. The average Bonchev–Trinajstić information content (AvgIpc) is 3.24. The normalized spacial score (nSPS) is 19.2. The summed E-state index contributed by atoms with van der Waals surface area (Å²) in [4.78, 5) is 24.7. The number of carbonyl (C=O) groups is 2. The fourth-order valence-electron chi connectivity index (χ4n) is 3.92. The topological polar surface area (TPSA) is 58.2 Å². The third-order valence-electron chi connectivity index (χ3n) is 5.92. The highest BCUT2D eigenvalue weighted by Gasteiger charge is 2.51. The molecule has 2 amide bonds. The third-order valence-corrected chi connectivity index (χ3v) is 5.92. The second kappa shape index (κ2) is 7.42. The summed E-state index contributed by atoms with van der Waals surface area (Å²) in [6, 6.07) is 8.50. The molecule has 4 heteroatoms. The lowest BCUT2D eigenvalue weighted by atomic mass is 9.85. The Morgan fingerprint density at radius 1 is 1.00 bits per heavy atom. The predicted molar refractivity (Wildman–Crippen MR) is 104 cm³/mol. The van der Waals surface area contributed by atoms with Crippen LogP contribution in [-0.4, -0.2) is 24.9 Å². The van der Waals surface area contributed by atoms with Gasteiger partial charge >= 0.3 is 0 Å². The minimum absolute atomic E-state index is 0.0936. The van der Waals surface area contributed by atoms with E-state index >= 15 is 0 Å². The van der Waals surface area contributed by atoms with Crippen LogP contribution in [0.25, 0.3) is 0 Å². The van der Waals surface area contributed by atoms with Crippen molar-refractivity contribution in [2.75, 3.05) is 13.1 Å². The minimum atomic E-state index is -0.355. The highest BCUT2D eigenvalue weighted by molar-refractivity contribution is 5.91. The zero-order valence-corrected chi connectivity index (χ0v) is 16.4. The largest absolute Gasteiger partial charge is 0.354 e. The zero-order valence-electron chi connectivity index (χ0n) is 16.4. The summed E-state index contributed by atoms with van der Waals surface area (Å²) in [6.45, 7) is 7.60. The summed E-state index contributed by atoms with van der Waals surface area (Å²) in [6.07, 6.45) is 6.14. The number of hydrogen-bond donors (Lipinski definition) is 2. The van der Waals surface area contributed by atoms with Gasteiger partial charge in [-0.05, 0) is 42.2 Å². The molecule has 2 saturated carbocycles.